The normalized spacial score (nSPS) is 21.7. The number of carbonyl (C=O) groups excluding carboxylic acids is 1. The Morgan fingerprint density at radius 3 is 2.12 bits per heavy atom. The van der Waals surface area contributed by atoms with Crippen molar-refractivity contribution in [1.29, 1.82) is 0 Å². The highest BCUT2D eigenvalue weighted by atomic mass is 19.4. The monoisotopic (exact) mass is 261 g/mol. The molecule has 98 valence electrons. The van der Waals surface area contributed by atoms with E-state index in [4.69, 9.17) is 5.11 Å². The predicted octanol–water partition coefficient (Wildman–Crippen LogP) is 1.26. The first-order valence-electron chi connectivity index (χ1n) is 4.57. The number of alkyl halides is 5. The average Bonchev–Trinajstić information content (AvgIpc) is 2.62. The molecule has 1 aliphatic heterocycles. The maximum Gasteiger partial charge on any atom is 0.463 e. The molecule has 0 unspecified atom stereocenters. The molecule has 1 saturated heterocycles. The van der Waals surface area contributed by atoms with Gasteiger partial charge in [0.2, 0.25) is 0 Å². The van der Waals surface area contributed by atoms with Gasteiger partial charge in [0.25, 0.3) is 0 Å². The molecule has 1 aliphatic rings. The van der Waals surface area contributed by atoms with Gasteiger partial charge in [0.15, 0.2) is 0 Å². The van der Waals surface area contributed by atoms with Crippen molar-refractivity contribution >= 4 is 11.9 Å². The summed E-state index contributed by atoms with van der Waals surface area (Å²) in [6, 6.07) is -1.62. The zero-order chi connectivity index (χ0) is 13.4. The van der Waals surface area contributed by atoms with Crippen LogP contribution in [0.5, 0.6) is 0 Å². The third-order valence-electron chi connectivity index (χ3n) is 2.42. The molecule has 0 spiro atoms. The Hall–Kier alpha value is -1.41. The molecule has 4 nitrogen and oxygen atoms in total. The van der Waals surface area contributed by atoms with Crippen molar-refractivity contribution in [1.82, 2.24) is 4.90 Å². The summed E-state index contributed by atoms with van der Waals surface area (Å²) in [5.74, 6) is -9.64. The molecule has 1 rings (SSSR count). The van der Waals surface area contributed by atoms with Crippen LogP contribution in [0.4, 0.5) is 22.0 Å². The van der Waals surface area contributed by atoms with E-state index in [9.17, 15) is 31.5 Å². The Bertz CT molecular complexity index is 341. The van der Waals surface area contributed by atoms with Gasteiger partial charge in [0, 0.05) is 6.54 Å². The van der Waals surface area contributed by atoms with E-state index in [1.54, 1.807) is 0 Å². The van der Waals surface area contributed by atoms with Crippen molar-refractivity contribution in [3.8, 4) is 0 Å². The Labute approximate surface area is 92.0 Å². The van der Waals surface area contributed by atoms with Gasteiger partial charge in [0.05, 0.1) is 0 Å². The first kappa shape index (κ1) is 13.7. The Kier molecular flexibility index (Phi) is 3.30. The lowest BCUT2D eigenvalue weighted by molar-refractivity contribution is -0.274. The van der Waals surface area contributed by atoms with Gasteiger partial charge in [-0.3, -0.25) is 4.79 Å². The van der Waals surface area contributed by atoms with E-state index in [0.29, 0.717) is 0 Å². The van der Waals surface area contributed by atoms with Crippen molar-refractivity contribution in [2.24, 2.45) is 0 Å². The van der Waals surface area contributed by atoms with Crippen LogP contribution in [0.25, 0.3) is 0 Å². The molecular weight excluding hydrogens is 253 g/mol. The number of carboxylic acids is 1. The molecule has 0 bridgehead atoms. The lowest BCUT2D eigenvalue weighted by atomic mass is 10.2. The van der Waals surface area contributed by atoms with Crippen LogP contribution in [0.15, 0.2) is 0 Å². The van der Waals surface area contributed by atoms with Gasteiger partial charge in [-0.1, -0.05) is 0 Å². The van der Waals surface area contributed by atoms with Gasteiger partial charge in [-0.05, 0) is 12.8 Å². The lowest BCUT2D eigenvalue weighted by Crippen LogP contribution is -2.54. The molecule has 0 aromatic heterocycles. The van der Waals surface area contributed by atoms with Gasteiger partial charge in [0.1, 0.15) is 6.04 Å². The van der Waals surface area contributed by atoms with E-state index < -0.39 is 36.6 Å². The fourth-order valence-corrected chi connectivity index (χ4v) is 1.57. The second-order valence-electron chi connectivity index (χ2n) is 3.57. The van der Waals surface area contributed by atoms with Crippen LogP contribution >= 0.6 is 0 Å². The maximum absolute atomic E-state index is 12.7. The molecule has 0 aliphatic carbocycles. The van der Waals surface area contributed by atoms with Crippen molar-refractivity contribution in [3.05, 3.63) is 0 Å². The summed E-state index contributed by atoms with van der Waals surface area (Å²) < 4.78 is 61.2. The number of likely N-dealkylation sites (tertiary alicyclic amines) is 1. The highest BCUT2D eigenvalue weighted by Crippen LogP contribution is 2.38. The van der Waals surface area contributed by atoms with E-state index in [-0.39, 0.29) is 17.7 Å². The molecule has 1 atom stereocenters. The van der Waals surface area contributed by atoms with Gasteiger partial charge in [-0.2, -0.15) is 22.0 Å². The zero-order valence-corrected chi connectivity index (χ0v) is 8.30. The second-order valence-corrected chi connectivity index (χ2v) is 3.57. The topological polar surface area (TPSA) is 57.6 Å². The van der Waals surface area contributed by atoms with E-state index >= 15 is 0 Å². The number of carbonyl (C=O) groups is 2. The summed E-state index contributed by atoms with van der Waals surface area (Å²) in [7, 11) is 0. The first-order valence-corrected chi connectivity index (χ1v) is 4.57. The molecule has 1 fully saturated rings. The second kappa shape index (κ2) is 4.11. The molecule has 1 heterocycles. The number of nitrogens with zero attached hydrogens (tertiary/aromatic N) is 1. The summed E-state index contributed by atoms with van der Waals surface area (Å²) in [5.41, 5.74) is 0. The van der Waals surface area contributed by atoms with Crippen molar-refractivity contribution < 1.29 is 36.6 Å². The summed E-state index contributed by atoms with van der Waals surface area (Å²) in [6.07, 6.45) is -6.07. The Morgan fingerprint density at radius 2 is 1.71 bits per heavy atom. The van der Waals surface area contributed by atoms with Crippen LogP contribution in [-0.4, -0.2) is 46.6 Å². The summed E-state index contributed by atoms with van der Waals surface area (Å²) >= 11 is 0. The largest absolute Gasteiger partial charge is 0.480 e. The number of amides is 1. The third-order valence-corrected chi connectivity index (χ3v) is 2.42. The summed E-state index contributed by atoms with van der Waals surface area (Å²) in [5, 5.41) is 8.58. The lowest BCUT2D eigenvalue weighted by Gasteiger charge is -2.27. The molecule has 0 radical (unpaired) electrons. The highest BCUT2D eigenvalue weighted by molar-refractivity contribution is 5.89. The van der Waals surface area contributed by atoms with Crippen LogP contribution in [0, 0.1) is 0 Å². The molecular formula is C8H8F5NO3. The number of carboxylic acid groups (broad SMARTS) is 1. The molecule has 9 heteroatoms. The van der Waals surface area contributed by atoms with Crippen molar-refractivity contribution in [3.63, 3.8) is 0 Å². The van der Waals surface area contributed by atoms with E-state index in [1.165, 1.54) is 0 Å². The molecule has 1 N–H and O–H groups in total. The van der Waals surface area contributed by atoms with Gasteiger partial charge < -0.3 is 10.0 Å². The van der Waals surface area contributed by atoms with Gasteiger partial charge >= 0.3 is 24.0 Å². The summed E-state index contributed by atoms with van der Waals surface area (Å²) in [6.45, 7) is -0.415. The minimum atomic E-state index is -6.02. The van der Waals surface area contributed by atoms with Crippen LogP contribution in [-0.2, 0) is 9.59 Å². The highest BCUT2D eigenvalue weighted by Gasteiger charge is 2.65. The van der Waals surface area contributed by atoms with Crippen LogP contribution in [0.3, 0.4) is 0 Å². The van der Waals surface area contributed by atoms with Crippen LogP contribution in [0.1, 0.15) is 12.8 Å². The minimum Gasteiger partial charge on any atom is -0.480 e. The third kappa shape index (κ3) is 2.32. The number of rotatable bonds is 2. The molecule has 0 aromatic carbocycles. The van der Waals surface area contributed by atoms with E-state index in [1.807, 2.05) is 0 Å². The molecule has 0 saturated carbocycles. The zero-order valence-electron chi connectivity index (χ0n) is 8.30. The molecule has 17 heavy (non-hydrogen) atoms. The fourth-order valence-electron chi connectivity index (χ4n) is 1.57. The Balaban J connectivity index is 2.94. The number of halogens is 5. The van der Waals surface area contributed by atoms with Crippen LogP contribution in [0.2, 0.25) is 0 Å². The van der Waals surface area contributed by atoms with Crippen molar-refractivity contribution in [2.45, 2.75) is 31.0 Å². The predicted molar refractivity (Wildman–Crippen MR) is 43.4 cm³/mol. The van der Waals surface area contributed by atoms with Gasteiger partial charge in [-0.15, -0.1) is 0 Å². The van der Waals surface area contributed by atoms with Crippen molar-refractivity contribution in [2.75, 3.05) is 6.54 Å². The summed E-state index contributed by atoms with van der Waals surface area (Å²) in [4.78, 5) is 21.7. The quantitative estimate of drug-likeness (QED) is 0.761. The van der Waals surface area contributed by atoms with E-state index in [0.717, 1.165) is 0 Å². The number of hydrogen-bond acceptors (Lipinski definition) is 2. The van der Waals surface area contributed by atoms with E-state index in [2.05, 4.69) is 0 Å². The first-order chi connectivity index (χ1) is 7.59. The molecule has 1 amide bonds. The SMILES string of the molecule is O=C(O)[C@H]1CCCN1C(=O)C(F)(F)C(F)(F)F. The number of aliphatic carboxylic acids is 1. The maximum atomic E-state index is 12.7. The van der Waals surface area contributed by atoms with Gasteiger partial charge in [-0.25, -0.2) is 4.79 Å². The number of hydrogen-bond donors (Lipinski definition) is 1. The van der Waals surface area contributed by atoms with Crippen LogP contribution < -0.4 is 0 Å². The minimum absolute atomic E-state index is 0.0653. The smallest absolute Gasteiger partial charge is 0.463 e. The average molecular weight is 261 g/mol. The standard InChI is InChI=1S/C8H8F5NO3/c9-7(10,8(11,12)13)6(17)14-3-1-2-4(14)5(15)16/h4H,1-3H2,(H,15,16)/t4-/m1/s1. The molecule has 0 aromatic rings. The Morgan fingerprint density at radius 1 is 1.18 bits per heavy atom. The fraction of sp³-hybridized carbons (Fsp3) is 0.750.